The van der Waals surface area contributed by atoms with E-state index in [1.54, 1.807) is 19.1 Å². The molecule has 1 aromatic carbocycles. The van der Waals surface area contributed by atoms with Crippen LogP contribution in [0.15, 0.2) is 23.1 Å². The molecule has 0 bridgehead atoms. The van der Waals surface area contributed by atoms with Crippen LogP contribution in [0.3, 0.4) is 0 Å². The van der Waals surface area contributed by atoms with Crippen molar-refractivity contribution in [3.63, 3.8) is 0 Å². The number of nitrogens with one attached hydrogen (secondary N) is 1. The zero-order valence-electron chi connectivity index (χ0n) is 12.4. The van der Waals surface area contributed by atoms with Gasteiger partial charge in [-0.2, -0.15) is 0 Å². The SMILES string of the molecule is Cc1ccc(C(=O)NCCC(C)(C)C)cc1S(N)(=O)=O. The largest absolute Gasteiger partial charge is 0.352 e. The number of rotatable bonds is 4. The fourth-order valence-corrected chi connectivity index (χ4v) is 2.51. The van der Waals surface area contributed by atoms with Gasteiger partial charge < -0.3 is 5.32 Å². The van der Waals surface area contributed by atoms with Crippen molar-refractivity contribution in [1.82, 2.24) is 5.32 Å². The van der Waals surface area contributed by atoms with E-state index in [1.165, 1.54) is 6.07 Å². The Kier molecular flexibility index (Phi) is 4.94. The van der Waals surface area contributed by atoms with Crippen molar-refractivity contribution >= 4 is 15.9 Å². The zero-order chi connectivity index (χ0) is 15.6. The van der Waals surface area contributed by atoms with Crippen LogP contribution in [0, 0.1) is 12.3 Å². The van der Waals surface area contributed by atoms with Crippen molar-refractivity contribution in [3.8, 4) is 0 Å². The second kappa shape index (κ2) is 5.93. The fraction of sp³-hybridized carbons (Fsp3) is 0.500. The van der Waals surface area contributed by atoms with Crippen molar-refractivity contribution in [3.05, 3.63) is 29.3 Å². The molecule has 3 N–H and O–H groups in total. The number of carbonyl (C=O) groups is 1. The summed E-state index contributed by atoms with van der Waals surface area (Å²) in [5, 5.41) is 7.90. The van der Waals surface area contributed by atoms with E-state index < -0.39 is 10.0 Å². The fourth-order valence-electron chi connectivity index (χ4n) is 1.70. The van der Waals surface area contributed by atoms with Crippen LogP contribution in [0.4, 0.5) is 0 Å². The molecule has 0 atom stereocenters. The lowest BCUT2D eigenvalue weighted by molar-refractivity contribution is 0.0949. The van der Waals surface area contributed by atoms with Gasteiger partial charge in [0.05, 0.1) is 4.90 Å². The van der Waals surface area contributed by atoms with Gasteiger partial charge >= 0.3 is 0 Å². The van der Waals surface area contributed by atoms with Crippen molar-refractivity contribution in [1.29, 1.82) is 0 Å². The number of benzene rings is 1. The predicted octanol–water partition coefficient (Wildman–Crippen LogP) is 1.81. The molecule has 6 heteroatoms. The molecule has 0 aromatic heterocycles. The van der Waals surface area contributed by atoms with E-state index in [9.17, 15) is 13.2 Å². The molecule has 0 spiro atoms. The molecule has 1 amide bonds. The quantitative estimate of drug-likeness (QED) is 0.888. The van der Waals surface area contributed by atoms with Crippen molar-refractivity contribution in [2.75, 3.05) is 6.54 Å². The molecule has 5 nitrogen and oxygen atoms in total. The summed E-state index contributed by atoms with van der Waals surface area (Å²) in [5.74, 6) is -0.292. The lowest BCUT2D eigenvalue weighted by Crippen LogP contribution is -2.27. The molecular weight excluding hydrogens is 276 g/mol. The van der Waals surface area contributed by atoms with Gasteiger partial charge in [0.2, 0.25) is 10.0 Å². The Labute approximate surface area is 120 Å². The Bertz CT molecular complexity index is 601. The highest BCUT2D eigenvalue weighted by molar-refractivity contribution is 7.89. The highest BCUT2D eigenvalue weighted by Crippen LogP contribution is 2.18. The molecule has 0 aliphatic rings. The molecule has 0 radical (unpaired) electrons. The number of sulfonamides is 1. The number of hydrogen-bond acceptors (Lipinski definition) is 3. The number of amides is 1. The number of aryl methyl sites for hydroxylation is 1. The first kappa shape index (κ1) is 16.7. The first-order chi connectivity index (χ1) is 9.00. The molecule has 0 unspecified atom stereocenters. The lowest BCUT2D eigenvalue weighted by Gasteiger charge is -2.18. The van der Waals surface area contributed by atoms with E-state index in [2.05, 4.69) is 26.1 Å². The number of hydrogen-bond donors (Lipinski definition) is 2. The maximum atomic E-state index is 12.0. The molecule has 1 aromatic rings. The third-order valence-corrected chi connectivity index (χ3v) is 3.97. The third-order valence-electron chi connectivity index (χ3n) is 2.92. The second-order valence-electron chi connectivity index (χ2n) is 6.09. The van der Waals surface area contributed by atoms with Crippen LogP contribution in [0.1, 0.15) is 43.1 Å². The number of primary sulfonamides is 1. The first-order valence-electron chi connectivity index (χ1n) is 6.42. The number of nitrogens with two attached hydrogens (primary N) is 1. The number of carbonyl (C=O) groups excluding carboxylic acids is 1. The average molecular weight is 298 g/mol. The Hall–Kier alpha value is -1.40. The summed E-state index contributed by atoms with van der Waals surface area (Å²) in [6.45, 7) is 8.44. The van der Waals surface area contributed by atoms with E-state index in [0.717, 1.165) is 6.42 Å². The third kappa shape index (κ3) is 4.94. The maximum absolute atomic E-state index is 12.0. The Morgan fingerprint density at radius 2 is 1.90 bits per heavy atom. The first-order valence-corrected chi connectivity index (χ1v) is 7.97. The highest BCUT2D eigenvalue weighted by Gasteiger charge is 2.16. The zero-order valence-corrected chi connectivity index (χ0v) is 13.2. The van der Waals surface area contributed by atoms with Crippen LogP contribution < -0.4 is 10.5 Å². The van der Waals surface area contributed by atoms with Crippen LogP contribution in [-0.4, -0.2) is 20.9 Å². The van der Waals surface area contributed by atoms with Crippen molar-refractivity contribution in [2.24, 2.45) is 10.6 Å². The Morgan fingerprint density at radius 1 is 1.30 bits per heavy atom. The van der Waals surface area contributed by atoms with E-state index in [-0.39, 0.29) is 16.2 Å². The van der Waals surface area contributed by atoms with Gasteiger partial charge in [-0.1, -0.05) is 26.8 Å². The normalized spacial score (nSPS) is 12.2. The summed E-state index contributed by atoms with van der Waals surface area (Å²) < 4.78 is 22.8. The standard InChI is InChI=1S/C14H22N2O3S/c1-10-5-6-11(9-12(10)20(15,18)19)13(17)16-8-7-14(2,3)4/h5-6,9H,7-8H2,1-4H3,(H,16,17)(H2,15,18,19). The van der Waals surface area contributed by atoms with Crippen LogP contribution in [0.25, 0.3) is 0 Å². The molecule has 0 saturated heterocycles. The topological polar surface area (TPSA) is 89.3 Å². The lowest BCUT2D eigenvalue weighted by atomic mass is 9.92. The van der Waals surface area contributed by atoms with Gasteiger partial charge in [-0.3, -0.25) is 4.79 Å². The summed E-state index contributed by atoms with van der Waals surface area (Å²) in [6, 6.07) is 4.49. The monoisotopic (exact) mass is 298 g/mol. The summed E-state index contributed by atoms with van der Waals surface area (Å²) in [5.41, 5.74) is 0.957. The van der Waals surface area contributed by atoms with E-state index in [1.807, 2.05) is 0 Å². The van der Waals surface area contributed by atoms with Gasteiger partial charge in [0.1, 0.15) is 0 Å². The van der Waals surface area contributed by atoms with Gasteiger partial charge in [-0.25, -0.2) is 13.6 Å². The van der Waals surface area contributed by atoms with E-state index in [0.29, 0.717) is 17.7 Å². The molecule has 112 valence electrons. The Balaban J connectivity index is 2.85. The molecule has 0 fully saturated rings. The molecule has 20 heavy (non-hydrogen) atoms. The Morgan fingerprint density at radius 3 is 2.40 bits per heavy atom. The van der Waals surface area contributed by atoms with Crippen molar-refractivity contribution < 1.29 is 13.2 Å². The van der Waals surface area contributed by atoms with E-state index in [4.69, 9.17) is 5.14 Å². The minimum absolute atomic E-state index is 0.0130. The van der Waals surface area contributed by atoms with Gasteiger partial charge in [0.25, 0.3) is 5.91 Å². The smallest absolute Gasteiger partial charge is 0.251 e. The summed E-state index contributed by atoms with van der Waals surface area (Å²) in [4.78, 5) is 12.0. The van der Waals surface area contributed by atoms with Crippen molar-refractivity contribution in [2.45, 2.75) is 39.0 Å². The van der Waals surface area contributed by atoms with Crippen LogP contribution >= 0.6 is 0 Å². The maximum Gasteiger partial charge on any atom is 0.251 e. The van der Waals surface area contributed by atoms with Gasteiger partial charge in [0.15, 0.2) is 0 Å². The molecular formula is C14H22N2O3S. The second-order valence-corrected chi connectivity index (χ2v) is 7.62. The summed E-state index contributed by atoms with van der Waals surface area (Å²) >= 11 is 0. The van der Waals surface area contributed by atoms with Crippen LogP contribution in [-0.2, 0) is 10.0 Å². The molecule has 0 heterocycles. The minimum atomic E-state index is -3.81. The molecule has 0 aliphatic heterocycles. The minimum Gasteiger partial charge on any atom is -0.352 e. The highest BCUT2D eigenvalue weighted by atomic mass is 32.2. The molecule has 0 aliphatic carbocycles. The van der Waals surface area contributed by atoms with Gasteiger partial charge in [-0.15, -0.1) is 0 Å². The van der Waals surface area contributed by atoms with Gasteiger partial charge in [0, 0.05) is 12.1 Å². The van der Waals surface area contributed by atoms with E-state index >= 15 is 0 Å². The predicted molar refractivity (Wildman–Crippen MR) is 79.0 cm³/mol. The van der Waals surface area contributed by atoms with Crippen LogP contribution in [0.2, 0.25) is 0 Å². The molecule has 0 saturated carbocycles. The average Bonchev–Trinajstić information content (AvgIpc) is 2.26. The molecule has 1 rings (SSSR count). The summed E-state index contributed by atoms with van der Waals surface area (Å²) in [7, 11) is -3.81. The summed E-state index contributed by atoms with van der Waals surface area (Å²) in [6.07, 6.45) is 0.840. The van der Waals surface area contributed by atoms with Gasteiger partial charge in [-0.05, 0) is 36.5 Å². The van der Waals surface area contributed by atoms with Crippen LogP contribution in [0.5, 0.6) is 0 Å².